The number of carbonyl (C=O) groups is 2. The summed E-state index contributed by atoms with van der Waals surface area (Å²) in [5, 5.41) is 16.7. The van der Waals surface area contributed by atoms with Crippen LogP contribution in [0.3, 0.4) is 0 Å². The second-order valence-corrected chi connectivity index (χ2v) is 5.69. The Hall–Kier alpha value is -3.55. The van der Waals surface area contributed by atoms with E-state index >= 15 is 0 Å². The minimum absolute atomic E-state index is 0.121. The van der Waals surface area contributed by atoms with Crippen LogP contribution in [-0.2, 0) is 9.59 Å². The third-order valence-electron chi connectivity index (χ3n) is 4.04. The van der Waals surface area contributed by atoms with Crippen molar-refractivity contribution in [2.75, 3.05) is 10.6 Å². The van der Waals surface area contributed by atoms with Crippen LogP contribution in [0.5, 0.6) is 0 Å². The minimum atomic E-state index is -0.526. The molecule has 4 rings (SSSR count). The van der Waals surface area contributed by atoms with Gasteiger partial charge in [0.15, 0.2) is 0 Å². The zero-order chi connectivity index (χ0) is 17.2. The number of benzene rings is 2. The number of tetrazole rings is 1. The second-order valence-electron chi connectivity index (χ2n) is 5.69. The molecule has 2 amide bonds. The molecule has 2 aromatic carbocycles. The lowest BCUT2D eigenvalue weighted by Crippen LogP contribution is -2.30. The number of anilines is 2. The molecule has 124 valence electrons. The predicted molar refractivity (Wildman–Crippen MR) is 90.2 cm³/mol. The molecule has 1 aliphatic rings. The van der Waals surface area contributed by atoms with Crippen LogP contribution in [0.15, 0.2) is 54.9 Å². The quantitative estimate of drug-likeness (QED) is 0.759. The highest BCUT2D eigenvalue weighted by Gasteiger charge is 2.30. The van der Waals surface area contributed by atoms with Crippen LogP contribution in [0.2, 0.25) is 0 Å². The molecule has 0 bridgehead atoms. The Kier molecular flexibility index (Phi) is 3.70. The highest BCUT2D eigenvalue weighted by Crippen LogP contribution is 2.32. The molecule has 3 aromatic rings. The van der Waals surface area contributed by atoms with Crippen molar-refractivity contribution in [3.63, 3.8) is 0 Å². The Morgan fingerprint density at radius 2 is 2.08 bits per heavy atom. The Labute approximate surface area is 142 Å². The van der Waals surface area contributed by atoms with Crippen LogP contribution in [0, 0.1) is 0 Å². The molecule has 0 fully saturated rings. The maximum Gasteiger partial charge on any atom is 0.232 e. The zero-order valence-corrected chi connectivity index (χ0v) is 13.1. The smallest absolute Gasteiger partial charge is 0.232 e. The van der Waals surface area contributed by atoms with Gasteiger partial charge in [0.2, 0.25) is 11.8 Å². The van der Waals surface area contributed by atoms with Crippen LogP contribution >= 0.6 is 0 Å². The van der Waals surface area contributed by atoms with Crippen molar-refractivity contribution in [1.82, 2.24) is 20.2 Å². The van der Waals surface area contributed by atoms with E-state index in [1.807, 2.05) is 24.3 Å². The zero-order valence-electron chi connectivity index (χ0n) is 13.1. The van der Waals surface area contributed by atoms with Gasteiger partial charge in [-0.15, -0.1) is 5.10 Å². The van der Waals surface area contributed by atoms with Crippen LogP contribution < -0.4 is 10.6 Å². The van der Waals surface area contributed by atoms with E-state index in [-0.39, 0.29) is 18.2 Å². The topological polar surface area (TPSA) is 102 Å². The van der Waals surface area contributed by atoms with E-state index in [9.17, 15) is 9.59 Å². The molecule has 2 heterocycles. The standard InChI is InChI=1S/C17H14N6O2/c24-16-9-14(13-6-1-2-7-15(13)20-16)17(25)19-11-4-3-5-12(8-11)23-10-18-21-22-23/h1-8,10,14H,9H2,(H,19,25)(H,20,24). The van der Waals surface area contributed by atoms with Gasteiger partial charge in [0.25, 0.3) is 0 Å². The summed E-state index contributed by atoms with van der Waals surface area (Å²) in [4.78, 5) is 24.6. The number of hydrogen-bond acceptors (Lipinski definition) is 5. The lowest BCUT2D eigenvalue weighted by atomic mass is 9.90. The first-order valence-corrected chi connectivity index (χ1v) is 7.74. The molecule has 0 spiro atoms. The molecule has 0 saturated carbocycles. The van der Waals surface area contributed by atoms with Crippen LogP contribution in [0.25, 0.3) is 5.69 Å². The molecule has 1 unspecified atom stereocenters. The number of rotatable bonds is 3. The summed E-state index contributed by atoms with van der Waals surface area (Å²) < 4.78 is 1.50. The summed E-state index contributed by atoms with van der Waals surface area (Å²) in [6.45, 7) is 0. The highest BCUT2D eigenvalue weighted by atomic mass is 16.2. The van der Waals surface area contributed by atoms with Crippen LogP contribution in [-0.4, -0.2) is 32.0 Å². The van der Waals surface area contributed by atoms with E-state index in [1.54, 1.807) is 24.3 Å². The van der Waals surface area contributed by atoms with E-state index in [2.05, 4.69) is 26.2 Å². The molecule has 0 saturated heterocycles. The van der Waals surface area contributed by atoms with Crippen molar-refractivity contribution >= 4 is 23.2 Å². The second kappa shape index (κ2) is 6.16. The minimum Gasteiger partial charge on any atom is -0.326 e. The third kappa shape index (κ3) is 2.97. The first kappa shape index (κ1) is 15.0. The molecule has 25 heavy (non-hydrogen) atoms. The first-order valence-electron chi connectivity index (χ1n) is 7.74. The summed E-state index contributed by atoms with van der Waals surface area (Å²) in [6, 6.07) is 14.5. The van der Waals surface area contributed by atoms with Crippen molar-refractivity contribution < 1.29 is 9.59 Å². The number of nitrogens with one attached hydrogen (secondary N) is 2. The number of aromatic nitrogens is 4. The predicted octanol–water partition coefficient (Wildman–Crippen LogP) is 1.73. The van der Waals surface area contributed by atoms with Crippen LogP contribution in [0.1, 0.15) is 17.9 Å². The summed E-state index contributed by atoms with van der Waals surface area (Å²) in [5.74, 6) is -0.918. The van der Waals surface area contributed by atoms with Crippen molar-refractivity contribution in [2.24, 2.45) is 0 Å². The summed E-state index contributed by atoms with van der Waals surface area (Å²) in [5.41, 5.74) is 2.84. The molecule has 8 heteroatoms. The first-order chi connectivity index (χ1) is 12.2. The molecular formula is C17H14N6O2. The average Bonchev–Trinajstić information content (AvgIpc) is 3.16. The number of nitrogens with zero attached hydrogens (tertiary/aromatic N) is 4. The van der Waals surface area contributed by atoms with Crippen LogP contribution in [0.4, 0.5) is 11.4 Å². The number of para-hydroxylation sites is 1. The fourth-order valence-electron chi connectivity index (χ4n) is 2.88. The van der Waals surface area contributed by atoms with E-state index < -0.39 is 5.92 Å². The summed E-state index contributed by atoms with van der Waals surface area (Å²) in [7, 11) is 0. The van der Waals surface area contributed by atoms with Gasteiger partial charge in [0.1, 0.15) is 6.33 Å². The monoisotopic (exact) mass is 334 g/mol. The molecule has 1 atom stereocenters. The van der Waals surface area contributed by atoms with Crippen molar-refractivity contribution in [3.8, 4) is 5.69 Å². The lowest BCUT2D eigenvalue weighted by Gasteiger charge is -2.24. The van der Waals surface area contributed by atoms with Gasteiger partial charge >= 0.3 is 0 Å². The fraction of sp³-hybridized carbons (Fsp3) is 0.118. The average molecular weight is 334 g/mol. The Morgan fingerprint density at radius 3 is 2.92 bits per heavy atom. The van der Waals surface area contributed by atoms with Gasteiger partial charge in [-0.3, -0.25) is 9.59 Å². The molecule has 0 aliphatic carbocycles. The van der Waals surface area contributed by atoms with Crippen molar-refractivity contribution in [1.29, 1.82) is 0 Å². The van der Waals surface area contributed by atoms with Gasteiger partial charge in [-0.2, -0.15) is 0 Å². The number of hydrogen-bond donors (Lipinski definition) is 2. The SMILES string of the molecule is O=C1CC(C(=O)Nc2cccc(-n3cnnn3)c2)c2ccccc2N1. The Balaban J connectivity index is 1.59. The maximum absolute atomic E-state index is 12.7. The van der Waals surface area contributed by atoms with Crippen molar-refractivity contribution in [3.05, 3.63) is 60.4 Å². The van der Waals surface area contributed by atoms with Gasteiger partial charge in [0.05, 0.1) is 11.6 Å². The number of carbonyl (C=O) groups excluding carboxylic acids is 2. The molecule has 0 radical (unpaired) electrons. The summed E-state index contributed by atoms with van der Waals surface area (Å²) >= 11 is 0. The van der Waals surface area contributed by atoms with Gasteiger partial charge in [0, 0.05) is 17.8 Å². The lowest BCUT2D eigenvalue weighted by molar-refractivity contribution is -0.123. The molecule has 2 N–H and O–H groups in total. The number of fused-ring (bicyclic) bond motifs is 1. The van der Waals surface area contributed by atoms with Crippen molar-refractivity contribution in [2.45, 2.75) is 12.3 Å². The highest BCUT2D eigenvalue weighted by molar-refractivity contribution is 6.05. The van der Waals surface area contributed by atoms with Gasteiger partial charge in [-0.05, 0) is 40.3 Å². The number of amides is 2. The van der Waals surface area contributed by atoms with E-state index in [0.29, 0.717) is 11.4 Å². The van der Waals surface area contributed by atoms with E-state index in [4.69, 9.17) is 0 Å². The fourth-order valence-corrected chi connectivity index (χ4v) is 2.88. The largest absolute Gasteiger partial charge is 0.326 e. The van der Waals surface area contributed by atoms with Gasteiger partial charge < -0.3 is 10.6 Å². The molecule has 1 aliphatic heterocycles. The van der Waals surface area contributed by atoms with E-state index in [1.165, 1.54) is 11.0 Å². The maximum atomic E-state index is 12.7. The van der Waals surface area contributed by atoms with E-state index in [0.717, 1.165) is 11.3 Å². The summed E-state index contributed by atoms with van der Waals surface area (Å²) in [6.07, 6.45) is 1.60. The Morgan fingerprint density at radius 1 is 1.20 bits per heavy atom. The van der Waals surface area contributed by atoms with Gasteiger partial charge in [-0.25, -0.2) is 4.68 Å². The molecular weight excluding hydrogens is 320 g/mol. The molecule has 8 nitrogen and oxygen atoms in total. The Bertz CT molecular complexity index is 938. The van der Waals surface area contributed by atoms with Gasteiger partial charge in [-0.1, -0.05) is 24.3 Å². The third-order valence-corrected chi connectivity index (χ3v) is 4.04. The molecule has 1 aromatic heterocycles. The normalized spacial score (nSPS) is 16.0.